The van der Waals surface area contributed by atoms with E-state index in [9.17, 15) is 23.1 Å². The zero-order valence-electron chi connectivity index (χ0n) is 26.6. The summed E-state index contributed by atoms with van der Waals surface area (Å²) in [4.78, 5) is 25.1. The summed E-state index contributed by atoms with van der Waals surface area (Å²) >= 11 is 0. The van der Waals surface area contributed by atoms with E-state index in [1.807, 2.05) is 81.4 Å². The molecule has 0 saturated heterocycles. The molecule has 2 atom stereocenters. The minimum absolute atomic E-state index is 0.00879. The lowest BCUT2D eigenvalue weighted by molar-refractivity contribution is -0.122. The van der Waals surface area contributed by atoms with Crippen LogP contribution in [0.1, 0.15) is 57.6 Å². The van der Waals surface area contributed by atoms with Crippen LogP contribution >= 0.6 is 0 Å². The maximum Gasteiger partial charge on any atom is 0.245 e. The quantitative estimate of drug-likeness (QED) is 0.146. The Kier molecular flexibility index (Phi) is 14.2. The van der Waals surface area contributed by atoms with E-state index in [0.717, 1.165) is 11.1 Å². The lowest BCUT2D eigenvalue weighted by Gasteiger charge is -2.40. The summed E-state index contributed by atoms with van der Waals surface area (Å²) in [7, 11) is -4.05. The number of hydrogen-bond acceptors (Lipinski definition) is 6. The fourth-order valence-corrected chi connectivity index (χ4v) is 6.99. The highest BCUT2D eigenvalue weighted by molar-refractivity contribution is 7.89. The molecule has 0 heterocycles. The number of amides is 2. The minimum atomic E-state index is -4.05. The van der Waals surface area contributed by atoms with E-state index in [1.54, 1.807) is 18.2 Å². The van der Waals surface area contributed by atoms with Crippen molar-refractivity contribution in [2.75, 3.05) is 19.6 Å². The molecule has 2 amide bonds. The molecule has 0 aliphatic heterocycles. The van der Waals surface area contributed by atoms with Crippen molar-refractivity contribution in [2.45, 2.75) is 76.1 Å². The molecule has 0 saturated carbocycles. The van der Waals surface area contributed by atoms with E-state index in [4.69, 9.17) is 0 Å². The molecule has 0 spiro atoms. The van der Waals surface area contributed by atoms with Crippen LogP contribution in [0.3, 0.4) is 0 Å². The van der Waals surface area contributed by atoms with Crippen molar-refractivity contribution >= 4 is 21.8 Å². The molecule has 2 unspecified atom stereocenters. The van der Waals surface area contributed by atoms with Crippen molar-refractivity contribution in [1.82, 2.24) is 20.3 Å². The molecule has 3 aromatic carbocycles. The van der Waals surface area contributed by atoms with Crippen LogP contribution in [0.4, 0.5) is 0 Å². The van der Waals surface area contributed by atoms with Crippen molar-refractivity contribution in [3.8, 4) is 0 Å². The molecule has 4 N–H and O–H groups in total. The largest absolute Gasteiger partial charge is 0.374 e. The topological polar surface area (TPSA) is 128 Å². The lowest BCUT2D eigenvalue weighted by Crippen LogP contribution is -2.55. The van der Waals surface area contributed by atoms with Crippen LogP contribution in [0.2, 0.25) is 0 Å². The number of sulfonamides is 1. The van der Waals surface area contributed by atoms with E-state index in [2.05, 4.69) is 16.0 Å². The van der Waals surface area contributed by atoms with E-state index in [1.165, 1.54) is 16.4 Å². The van der Waals surface area contributed by atoms with Gasteiger partial charge in [0.25, 0.3) is 0 Å². The van der Waals surface area contributed by atoms with Gasteiger partial charge in [-0.05, 0) is 48.9 Å². The number of rotatable bonds is 19. The number of aliphatic hydroxyl groups is 1. The fourth-order valence-electron chi connectivity index (χ4n) is 5.14. The summed E-state index contributed by atoms with van der Waals surface area (Å²) in [5.41, 5.74) is 0.115. The van der Waals surface area contributed by atoms with Crippen LogP contribution in [-0.4, -0.2) is 61.0 Å². The third kappa shape index (κ3) is 12.0. The first-order valence-corrected chi connectivity index (χ1v) is 17.1. The first-order chi connectivity index (χ1) is 21.5. The third-order valence-electron chi connectivity index (χ3n) is 7.41. The minimum Gasteiger partial charge on any atom is -0.374 e. The summed E-state index contributed by atoms with van der Waals surface area (Å²) in [5.74, 6) is -0.346. The smallest absolute Gasteiger partial charge is 0.245 e. The summed E-state index contributed by atoms with van der Waals surface area (Å²) in [6.45, 7) is 6.75. The number of hydrogen-bond donors (Lipinski definition) is 4. The molecule has 10 heteroatoms. The van der Waals surface area contributed by atoms with Gasteiger partial charge in [0.15, 0.2) is 0 Å². The Balaban J connectivity index is 1.54. The normalized spacial score (nSPS) is 13.7. The fraction of sp³-hybridized carbons (Fsp3) is 0.429. The lowest BCUT2D eigenvalue weighted by atomic mass is 9.98. The second-order valence-electron chi connectivity index (χ2n) is 11.9. The number of carbonyl (C=O) groups excluding carboxylic acids is 2. The molecule has 0 aliphatic rings. The van der Waals surface area contributed by atoms with Gasteiger partial charge in [0.05, 0.1) is 11.4 Å². The maximum atomic E-state index is 13.9. The highest BCUT2D eigenvalue weighted by atomic mass is 32.2. The van der Waals surface area contributed by atoms with Crippen LogP contribution in [0.15, 0.2) is 95.9 Å². The highest BCUT2D eigenvalue weighted by Crippen LogP contribution is 2.30. The van der Waals surface area contributed by atoms with Gasteiger partial charge in [0, 0.05) is 44.9 Å². The van der Waals surface area contributed by atoms with Crippen molar-refractivity contribution in [1.29, 1.82) is 0 Å². The predicted molar refractivity (Wildman–Crippen MR) is 177 cm³/mol. The Labute approximate surface area is 268 Å². The van der Waals surface area contributed by atoms with Crippen LogP contribution < -0.4 is 16.0 Å². The molecular formula is C35H48N4O5S. The first-order valence-electron chi connectivity index (χ1n) is 15.6. The summed E-state index contributed by atoms with van der Waals surface area (Å²) in [6.07, 6.45) is 1.53. The molecule has 3 rings (SSSR count). The molecule has 0 aromatic heterocycles. The molecule has 9 nitrogen and oxygen atoms in total. The van der Waals surface area contributed by atoms with Gasteiger partial charge in [-0.15, -0.1) is 0 Å². The second-order valence-corrected chi connectivity index (χ2v) is 13.8. The van der Waals surface area contributed by atoms with Gasteiger partial charge in [0.2, 0.25) is 21.8 Å². The van der Waals surface area contributed by atoms with Gasteiger partial charge in [0.1, 0.15) is 5.72 Å². The Morgan fingerprint density at radius 3 is 2.02 bits per heavy atom. The summed E-state index contributed by atoms with van der Waals surface area (Å²) < 4.78 is 28.9. The van der Waals surface area contributed by atoms with Gasteiger partial charge in [-0.1, -0.05) is 92.7 Å². The summed E-state index contributed by atoms with van der Waals surface area (Å²) in [6, 6.07) is 27.1. The van der Waals surface area contributed by atoms with Crippen molar-refractivity contribution in [2.24, 2.45) is 5.92 Å². The van der Waals surface area contributed by atoms with E-state index < -0.39 is 15.7 Å². The molecule has 0 bridgehead atoms. The van der Waals surface area contributed by atoms with Crippen molar-refractivity contribution < 1.29 is 23.1 Å². The number of nitrogens with one attached hydrogen (secondary N) is 3. The zero-order valence-corrected chi connectivity index (χ0v) is 27.4. The highest BCUT2D eigenvalue weighted by Gasteiger charge is 2.43. The SMILES string of the molecule is CC(C)CN(C(O)(CCNC(=O)CCCC(C)NC(=O)CNCc1ccccc1)Cc1ccccc1)S(=O)(=O)c1ccccc1. The molecular weight excluding hydrogens is 588 g/mol. The molecule has 0 aliphatic carbocycles. The second kappa shape index (κ2) is 17.8. The summed E-state index contributed by atoms with van der Waals surface area (Å²) in [5, 5.41) is 21.0. The van der Waals surface area contributed by atoms with E-state index in [-0.39, 0.29) is 67.6 Å². The Hall–Kier alpha value is -3.57. The van der Waals surface area contributed by atoms with Gasteiger partial charge in [-0.2, -0.15) is 4.31 Å². The predicted octanol–water partition coefficient (Wildman–Crippen LogP) is 4.24. The number of carbonyl (C=O) groups is 2. The van der Waals surface area contributed by atoms with Crippen LogP contribution in [0.5, 0.6) is 0 Å². The van der Waals surface area contributed by atoms with Crippen LogP contribution in [0, 0.1) is 5.92 Å². The standard InChI is InChI=1S/C35H48N4O5S/c1-28(2)27-39(45(43,44)32-19-11-6-12-20-32)35(42,24-30-15-7-4-8-16-30)22-23-37-33(40)21-13-14-29(3)38-34(41)26-36-25-31-17-9-5-10-18-31/h4-12,15-20,28-29,36,42H,13-14,21-27H2,1-3H3,(H,37,40)(H,38,41). The number of nitrogens with zero attached hydrogens (tertiary/aromatic N) is 1. The number of benzene rings is 3. The monoisotopic (exact) mass is 636 g/mol. The van der Waals surface area contributed by atoms with Gasteiger partial charge in [-0.3, -0.25) is 9.59 Å². The zero-order chi connectivity index (χ0) is 32.7. The third-order valence-corrected chi connectivity index (χ3v) is 9.35. The molecule has 45 heavy (non-hydrogen) atoms. The van der Waals surface area contributed by atoms with Gasteiger partial charge < -0.3 is 21.1 Å². The Morgan fingerprint density at radius 1 is 0.844 bits per heavy atom. The Bertz CT molecular complexity index is 1420. The average Bonchev–Trinajstić information content (AvgIpc) is 3.01. The van der Waals surface area contributed by atoms with Crippen LogP contribution in [-0.2, 0) is 32.6 Å². The first kappa shape index (κ1) is 35.9. The van der Waals surface area contributed by atoms with Crippen LogP contribution in [0.25, 0.3) is 0 Å². The van der Waals surface area contributed by atoms with E-state index >= 15 is 0 Å². The maximum absolute atomic E-state index is 13.9. The molecule has 0 fully saturated rings. The van der Waals surface area contributed by atoms with Gasteiger partial charge in [-0.25, -0.2) is 8.42 Å². The van der Waals surface area contributed by atoms with E-state index in [0.29, 0.717) is 19.4 Å². The average molecular weight is 637 g/mol. The molecule has 244 valence electrons. The Morgan fingerprint density at radius 2 is 1.42 bits per heavy atom. The molecule has 0 radical (unpaired) electrons. The van der Waals surface area contributed by atoms with Crippen molar-refractivity contribution in [3.05, 3.63) is 102 Å². The van der Waals surface area contributed by atoms with Gasteiger partial charge >= 0.3 is 0 Å². The molecule has 3 aromatic rings. The van der Waals surface area contributed by atoms with Crippen molar-refractivity contribution in [3.63, 3.8) is 0 Å².